The van der Waals surface area contributed by atoms with Gasteiger partial charge in [0.05, 0.1) is 37.3 Å². The fourth-order valence-corrected chi connectivity index (χ4v) is 7.65. The third-order valence-electron chi connectivity index (χ3n) is 10.2. The van der Waals surface area contributed by atoms with Crippen molar-refractivity contribution in [2.75, 3.05) is 13.2 Å². The van der Waals surface area contributed by atoms with E-state index in [1.165, 1.54) is 0 Å². The highest BCUT2D eigenvalue weighted by Gasteiger charge is 2.50. The maximum atomic E-state index is 14.2. The standard InChI is InChI=1S/C32H40F6O6/c1-3-21(25-15-41-25)17-5-9-19(10-6-17)29(39)43-23-13-14-24(28(32(36,37)38)27(23)31(33,34)35)44-30(40)20-11-7-18(8-12-20)22(4-2)26-16-42-26/h13-14,17-22,25-26H,3-12,15-16H2,1-2H3. The van der Waals surface area contributed by atoms with Gasteiger partial charge in [-0.2, -0.15) is 26.3 Å². The minimum absolute atomic E-state index is 0.196. The molecule has 2 heterocycles. The van der Waals surface area contributed by atoms with Gasteiger partial charge in [-0.1, -0.05) is 26.7 Å². The normalized spacial score (nSPS) is 30.3. The average Bonchev–Trinajstić information content (AvgIpc) is 3.90. The number of epoxide rings is 2. The molecule has 44 heavy (non-hydrogen) atoms. The van der Waals surface area contributed by atoms with Gasteiger partial charge in [0.2, 0.25) is 0 Å². The lowest BCUT2D eigenvalue weighted by Gasteiger charge is -2.32. The van der Waals surface area contributed by atoms with Crippen molar-refractivity contribution in [1.29, 1.82) is 0 Å². The fraction of sp³-hybridized carbons (Fsp3) is 0.750. The Morgan fingerprint density at radius 1 is 0.682 bits per heavy atom. The highest BCUT2D eigenvalue weighted by Crippen LogP contribution is 2.50. The van der Waals surface area contributed by atoms with Crippen LogP contribution in [0.1, 0.15) is 89.2 Å². The summed E-state index contributed by atoms with van der Waals surface area (Å²) < 4.78 is 106. The van der Waals surface area contributed by atoms with E-state index < -0.39 is 58.8 Å². The van der Waals surface area contributed by atoms with Crippen molar-refractivity contribution in [3.8, 4) is 11.5 Å². The number of halogens is 6. The van der Waals surface area contributed by atoms with Gasteiger partial charge in [-0.15, -0.1) is 0 Å². The predicted octanol–water partition coefficient (Wildman–Crippen LogP) is 8.00. The Balaban J connectivity index is 1.29. The number of hydrogen-bond donors (Lipinski definition) is 0. The molecule has 6 nitrogen and oxygen atoms in total. The van der Waals surface area contributed by atoms with Gasteiger partial charge < -0.3 is 18.9 Å². The number of carbonyl (C=O) groups excluding carboxylic acids is 2. The highest BCUT2D eigenvalue weighted by atomic mass is 19.4. The Labute approximate surface area is 253 Å². The van der Waals surface area contributed by atoms with Crippen LogP contribution in [-0.2, 0) is 31.4 Å². The Bertz CT molecular complexity index is 1080. The molecular weight excluding hydrogens is 594 g/mol. The van der Waals surface area contributed by atoms with Crippen LogP contribution in [0.25, 0.3) is 0 Å². The summed E-state index contributed by atoms with van der Waals surface area (Å²) in [6.07, 6.45) is -4.79. The van der Waals surface area contributed by atoms with Crippen molar-refractivity contribution in [2.24, 2.45) is 35.5 Å². The van der Waals surface area contributed by atoms with Gasteiger partial charge in [0.1, 0.15) is 22.6 Å². The molecule has 2 saturated carbocycles. The lowest BCUT2D eigenvalue weighted by molar-refractivity contribution is -0.166. The molecule has 4 fully saturated rings. The van der Waals surface area contributed by atoms with Gasteiger partial charge in [-0.25, -0.2) is 0 Å². The van der Waals surface area contributed by atoms with Crippen LogP contribution in [0.4, 0.5) is 26.3 Å². The van der Waals surface area contributed by atoms with E-state index in [4.69, 9.17) is 18.9 Å². The van der Waals surface area contributed by atoms with E-state index >= 15 is 0 Å². The summed E-state index contributed by atoms with van der Waals surface area (Å²) in [5.74, 6) is -4.65. The topological polar surface area (TPSA) is 77.7 Å². The molecule has 0 aromatic heterocycles. The van der Waals surface area contributed by atoms with Gasteiger partial charge in [0.15, 0.2) is 0 Å². The van der Waals surface area contributed by atoms with Gasteiger partial charge in [-0.3, -0.25) is 9.59 Å². The summed E-state index contributed by atoms with van der Waals surface area (Å²) in [6.45, 7) is 5.51. The van der Waals surface area contributed by atoms with Gasteiger partial charge in [-0.05, 0) is 87.2 Å². The van der Waals surface area contributed by atoms with Crippen LogP contribution in [0.2, 0.25) is 0 Å². The first-order valence-corrected chi connectivity index (χ1v) is 15.8. The molecule has 2 aliphatic carbocycles. The molecule has 4 atom stereocenters. The number of alkyl halides is 6. The molecule has 0 N–H and O–H groups in total. The second kappa shape index (κ2) is 13.2. The summed E-state index contributed by atoms with van der Waals surface area (Å²) in [4.78, 5) is 25.8. The van der Waals surface area contributed by atoms with Gasteiger partial charge in [0, 0.05) is 0 Å². The molecule has 2 aliphatic heterocycles. The second-order valence-electron chi connectivity index (χ2n) is 12.8. The Morgan fingerprint density at radius 2 is 1.00 bits per heavy atom. The summed E-state index contributed by atoms with van der Waals surface area (Å²) in [6, 6.07) is 1.28. The van der Waals surface area contributed by atoms with E-state index in [-0.39, 0.29) is 12.2 Å². The Morgan fingerprint density at radius 3 is 1.25 bits per heavy atom. The van der Waals surface area contributed by atoms with Crippen molar-refractivity contribution >= 4 is 11.9 Å². The van der Waals surface area contributed by atoms with Crippen molar-refractivity contribution in [3.05, 3.63) is 23.3 Å². The zero-order chi connectivity index (χ0) is 31.8. The maximum Gasteiger partial charge on any atom is 0.420 e. The van der Waals surface area contributed by atoms with Crippen LogP contribution < -0.4 is 9.47 Å². The largest absolute Gasteiger partial charge is 0.426 e. The molecule has 246 valence electrons. The number of carbonyl (C=O) groups is 2. The quantitative estimate of drug-likeness (QED) is 0.112. The molecule has 0 radical (unpaired) electrons. The van der Waals surface area contributed by atoms with Crippen molar-refractivity contribution in [2.45, 2.75) is 103 Å². The number of ether oxygens (including phenoxy) is 4. The third kappa shape index (κ3) is 7.54. The van der Waals surface area contributed by atoms with Crippen molar-refractivity contribution in [3.63, 3.8) is 0 Å². The first-order chi connectivity index (χ1) is 20.8. The minimum atomic E-state index is -5.54. The van der Waals surface area contributed by atoms with Crippen molar-refractivity contribution < 1.29 is 54.9 Å². The first kappa shape index (κ1) is 33.0. The first-order valence-electron chi connectivity index (χ1n) is 15.8. The van der Waals surface area contributed by atoms with Crippen LogP contribution in [0.15, 0.2) is 12.1 Å². The molecule has 0 amide bonds. The van der Waals surface area contributed by atoms with Crippen LogP contribution in [-0.4, -0.2) is 37.4 Å². The van der Waals surface area contributed by atoms with Crippen LogP contribution in [0.3, 0.4) is 0 Å². The minimum Gasteiger partial charge on any atom is -0.426 e. The fourth-order valence-electron chi connectivity index (χ4n) is 7.65. The SMILES string of the molecule is CCC(C1CCC(C(=O)Oc2ccc(OC(=O)C3CCC(C(CC)C4CO4)CC3)c(C(F)(F)F)c2C(F)(F)F)CC1)C1CO1. The number of hydrogen-bond acceptors (Lipinski definition) is 6. The van der Waals surface area contributed by atoms with E-state index in [0.717, 1.165) is 12.8 Å². The van der Waals surface area contributed by atoms with Crippen LogP contribution in [0.5, 0.6) is 11.5 Å². The molecule has 12 heteroatoms. The predicted molar refractivity (Wildman–Crippen MR) is 146 cm³/mol. The van der Waals surface area contributed by atoms with Crippen molar-refractivity contribution in [1.82, 2.24) is 0 Å². The summed E-state index contributed by atoms with van der Waals surface area (Å²) in [5.41, 5.74) is -4.35. The average molecular weight is 635 g/mol. The zero-order valence-electron chi connectivity index (χ0n) is 25.0. The number of benzene rings is 1. The van der Waals surface area contributed by atoms with Gasteiger partial charge >= 0.3 is 24.3 Å². The number of esters is 2. The molecule has 0 spiro atoms. The lowest BCUT2D eigenvalue weighted by Crippen LogP contribution is -2.31. The molecule has 0 bridgehead atoms. The van der Waals surface area contributed by atoms with Crippen LogP contribution in [0, 0.1) is 35.5 Å². The van der Waals surface area contributed by atoms with E-state index in [1.807, 2.05) is 0 Å². The highest BCUT2D eigenvalue weighted by molar-refractivity contribution is 5.78. The monoisotopic (exact) mass is 634 g/mol. The molecule has 4 unspecified atom stereocenters. The molecule has 5 rings (SSSR count). The summed E-state index contributed by atoms with van der Waals surface area (Å²) in [5, 5.41) is 0. The third-order valence-corrected chi connectivity index (χ3v) is 10.2. The zero-order valence-corrected chi connectivity index (χ0v) is 25.0. The Kier molecular flexibility index (Phi) is 9.90. The van der Waals surface area contributed by atoms with E-state index in [1.54, 1.807) is 0 Å². The molecule has 4 aliphatic rings. The molecule has 1 aromatic rings. The van der Waals surface area contributed by atoms with E-state index in [0.29, 0.717) is 100 Å². The maximum absolute atomic E-state index is 14.2. The summed E-state index contributed by atoms with van der Waals surface area (Å²) >= 11 is 0. The molecule has 1 aromatic carbocycles. The second-order valence-corrected chi connectivity index (χ2v) is 12.8. The Hall–Kier alpha value is -2.34. The van der Waals surface area contributed by atoms with Crippen LogP contribution >= 0.6 is 0 Å². The molecular formula is C32H40F6O6. The van der Waals surface area contributed by atoms with Gasteiger partial charge in [0.25, 0.3) is 0 Å². The van der Waals surface area contributed by atoms with E-state index in [2.05, 4.69) is 13.8 Å². The lowest BCUT2D eigenvalue weighted by atomic mass is 9.74. The van der Waals surface area contributed by atoms with E-state index in [9.17, 15) is 35.9 Å². The smallest absolute Gasteiger partial charge is 0.420 e. The number of rotatable bonds is 10. The summed E-state index contributed by atoms with van der Waals surface area (Å²) in [7, 11) is 0. The molecule has 2 saturated heterocycles.